The van der Waals surface area contributed by atoms with Crippen LogP contribution in [0.3, 0.4) is 0 Å². The summed E-state index contributed by atoms with van der Waals surface area (Å²) >= 11 is 0. The molecule has 0 radical (unpaired) electrons. The van der Waals surface area contributed by atoms with Crippen molar-refractivity contribution in [2.45, 2.75) is 39.3 Å². The summed E-state index contributed by atoms with van der Waals surface area (Å²) in [4.78, 5) is 10.8. The first-order chi connectivity index (χ1) is 8.36. The van der Waals surface area contributed by atoms with Gasteiger partial charge in [-0.25, -0.2) is 0 Å². The number of carbonyl (C=O) groups is 1. The molecule has 4 heteroatoms. The number of carboxylic acid groups (broad SMARTS) is 1. The van der Waals surface area contributed by atoms with Crippen molar-refractivity contribution >= 4 is 5.97 Å². The first-order valence-corrected chi connectivity index (χ1v) is 6.09. The molecule has 1 rings (SSSR count). The van der Waals surface area contributed by atoms with Gasteiger partial charge in [-0.2, -0.15) is 0 Å². The summed E-state index contributed by atoms with van der Waals surface area (Å²) in [7, 11) is 1.81. The minimum absolute atomic E-state index is 0.0438. The molecule has 0 saturated carbocycles. The molecule has 0 saturated heterocycles. The maximum atomic E-state index is 10.8. The number of nitrogens with one attached hydrogen (secondary N) is 1. The van der Waals surface area contributed by atoms with E-state index >= 15 is 0 Å². The summed E-state index contributed by atoms with van der Waals surface area (Å²) in [6.07, 6.45) is -0.0438. The molecule has 0 aliphatic heterocycles. The van der Waals surface area contributed by atoms with Gasteiger partial charge < -0.3 is 16.2 Å². The van der Waals surface area contributed by atoms with Gasteiger partial charge >= 0.3 is 5.97 Å². The molecule has 0 spiro atoms. The largest absolute Gasteiger partial charge is 0.481 e. The van der Waals surface area contributed by atoms with E-state index in [1.807, 2.05) is 13.8 Å². The van der Waals surface area contributed by atoms with Gasteiger partial charge in [0.25, 0.3) is 0 Å². The van der Waals surface area contributed by atoms with Gasteiger partial charge in [-0.3, -0.25) is 4.79 Å². The molecule has 18 heavy (non-hydrogen) atoms. The number of carboxylic acids is 1. The molecule has 100 valence electrons. The van der Waals surface area contributed by atoms with E-state index in [2.05, 4.69) is 24.4 Å². The molecule has 2 atom stereocenters. The van der Waals surface area contributed by atoms with Gasteiger partial charge in [-0.05, 0) is 50.1 Å². The number of rotatable bonds is 5. The Kier molecular flexibility index (Phi) is 4.87. The fourth-order valence-corrected chi connectivity index (χ4v) is 2.24. The molecule has 4 N–H and O–H groups in total. The minimum atomic E-state index is -0.871. The molecule has 0 amide bonds. The van der Waals surface area contributed by atoms with Gasteiger partial charge in [-0.1, -0.05) is 12.1 Å². The molecule has 1 aromatic carbocycles. The maximum Gasteiger partial charge on any atom is 0.304 e. The van der Waals surface area contributed by atoms with Crippen LogP contribution in [-0.4, -0.2) is 24.2 Å². The summed E-state index contributed by atoms with van der Waals surface area (Å²) in [6.45, 7) is 6.14. The van der Waals surface area contributed by atoms with Crippen molar-refractivity contribution in [3.05, 3.63) is 34.4 Å². The third-order valence-corrected chi connectivity index (χ3v) is 3.37. The summed E-state index contributed by atoms with van der Waals surface area (Å²) in [5, 5.41) is 12.0. The summed E-state index contributed by atoms with van der Waals surface area (Å²) in [5.74, 6) is -0.871. The Morgan fingerprint density at radius 3 is 2.33 bits per heavy atom. The van der Waals surface area contributed by atoms with E-state index in [0.717, 1.165) is 11.1 Å². The molecule has 0 aromatic heterocycles. The standard InChI is InChI=1S/C14H22N2O2/c1-8-5-10(3)11(6-9(8)2)14(16-4)12(15)7-13(17)18/h5-6,12,14,16H,7,15H2,1-4H3,(H,17,18). The van der Waals surface area contributed by atoms with Crippen LogP contribution in [-0.2, 0) is 4.79 Å². The number of hydrogen-bond donors (Lipinski definition) is 3. The van der Waals surface area contributed by atoms with Crippen molar-refractivity contribution in [3.8, 4) is 0 Å². The second-order valence-corrected chi connectivity index (χ2v) is 4.82. The fourth-order valence-electron chi connectivity index (χ4n) is 2.24. The van der Waals surface area contributed by atoms with Crippen molar-refractivity contribution < 1.29 is 9.90 Å². The average molecular weight is 250 g/mol. The third-order valence-electron chi connectivity index (χ3n) is 3.37. The van der Waals surface area contributed by atoms with Crippen molar-refractivity contribution in [1.82, 2.24) is 5.32 Å². The molecule has 0 fully saturated rings. The second-order valence-electron chi connectivity index (χ2n) is 4.82. The SMILES string of the molecule is CNC(c1cc(C)c(C)cc1C)C(N)CC(=O)O. The Bertz CT molecular complexity index is 444. The smallest absolute Gasteiger partial charge is 0.304 e. The van der Waals surface area contributed by atoms with Crippen LogP contribution in [0.4, 0.5) is 0 Å². The highest BCUT2D eigenvalue weighted by Crippen LogP contribution is 2.24. The van der Waals surface area contributed by atoms with E-state index in [1.54, 1.807) is 7.05 Å². The van der Waals surface area contributed by atoms with Crippen LogP contribution >= 0.6 is 0 Å². The van der Waals surface area contributed by atoms with Crippen molar-refractivity contribution in [1.29, 1.82) is 0 Å². The minimum Gasteiger partial charge on any atom is -0.481 e. The Morgan fingerprint density at radius 2 is 1.83 bits per heavy atom. The Balaban J connectivity index is 3.08. The Hall–Kier alpha value is -1.39. The first kappa shape index (κ1) is 14.7. The predicted molar refractivity (Wildman–Crippen MR) is 72.7 cm³/mol. The van der Waals surface area contributed by atoms with Crippen LogP contribution in [0.25, 0.3) is 0 Å². The third kappa shape index (κ3) is 3.31. The van der Waals surface area contributed by atoms with Crippen LogP contribution < -0.4 is 11.1 Å². The van der Waals surface area contributed by atoms with E-state index in [9.17, 15) is 4.79 Å². The number of likely N-dealkylation sites (N-methyl/N-ethyl adjacent to an activating group) is 1. The molecule has 0 aliphatic carbocycles. The normalized spacial score (nSPS) is 14.3. The molecule has 0 heterocycles. The van der Waals surface area contributed by atoms with Gasteiger partial charge in [0.1, 0.15) is 0 Å². The Morgan fingerprint density at radius 1 is 1.28 bits per heavy atom. The molecular formula is C14H22N2O2. The van der Waals surface area contributed by atoms with E-state index in [-0.39, 0.29) is 12.5 Å². The molecule has 2 unspecified atom stereocenters. The van der Waals surface area contributed by atoms with Crippen LogP contribution in [0.15, 0.2) is 12.1 Å². The quantitative estimate of drug-likeness (QED) is 0.743. The number of aryl methyl sites for hydroxylation is 3. The highest BCUT2D eigenvalue weighted by Gasteiger charge is 2.22. The zero-order valence-electron chi connectivity index (χ0n) is 11.4. The van der Waals surface area contributed by atoms with Crippen LogP contribution in [0, 0.1) is 20.8 Å². The van der Waals surface area contributed by atoms with E-state index < -0.39 is 12.0 Å². The van der Waals surface area contributed by atoms with E-state index in [4.69, 9.17) is 10.8 Å². The summed E-state index contributed by atoms with van der Waals surface area (Å²) < 4.78 is 0. The van der Waals surface area contributed by atoms with Gasteiger partial charge in [-0.15, -0.1) is 0 Å². The molecule has 4 nitrogen and oxygen atoms in total. The lowest BCUT2D eigenvalue weighted by molar-refractivity contribution is -0.137. The monoisotopic (exact) mass is 250 g/mol. The zero-order valence-corrected chi connectivity index (χ0v) is 11.4. The molecule has 1 aromatic rings. The van der Waals surface area contributed by atoms with Crippen molar-refractivity contribution in [3.63, 3.8) is 0 Å². The number of hydrogen-bond acceptors (Lipinski definition) is 3. The number of benzene rings is 1. The second kappa shape index (κ2) is 5.98. The van der Waals surface area contributed by atoms with Crippen molar-refractivity contribution in [2.24, 2.45) is 5.73 Å². The van der Waals surface area contributed by atoms with Crippen molar-refractivity contribution in [2.75, 3.05) is 7.05 Å². The van der Waals surface area contributed by atoms with Gasteiger partial charge in [0.15, 0.2) is 0 Å². The van der Waals surface area contributed by atoms with Crippen LogP contribution in [0.2, 0.25) is 0 Å². The zero-order chi connectivity index (χ0) is 13.9. The lowest BCUT2D eigenvalue weighted by Gasteiger charge is -2.25. The summed E-state index contributed by atoms with van der Waals surface area (Å²) in [5.41, 5.74) is 10.6. The first-order valence-electron chi connectivity index (χ1n) is 6.09. The highest BCUT2D eigenvalue weighted by atomic mass is 16.4. The van der Waals surface area contributed by atoms with Crippen LogP contribution in [0.5, 0.6) is 0 Å². The predicted octanol–water partition coefficient (Wildman–Crippen LogP) is 1.67. The molecule has 0 aliphatic rings. The summed E-state index contributed by atoms with van der Waals surface area (Å²) in [6, 6.07) is 3.63. The lowest BCUT2D eigenvalue weighted by Crippen LogP contribution is -2.38. The number of nitrogens with two attached hydrogens (primary N) is 1. The lowest BCUT2D eigenvalue weighted by atomic mass is 9.91. The highest BCUT2D eigenvalue weighted by molar-refractivity contribution is 5.67. The van der Waals surface area contributed by atoms with Crippen LogP contribution in [0.1, 0.15) is 34.7 Å². The maximum absolute atomic E-state index is 10.8. The van der Waals surface area contributed by atoms with Gasteiger partial charge in [0, 0.05) is 12.1 Å². The number of aliphatic carboxylic acids is 1. The topological polar surface area (TPSA) is 75.3 Å². The van der Waals surface area contributed by atoms with E-state index in [1.165, 1.54) is 11.1 Å². The van der Waals surface area contributed by atoms with E-state index in [0.29, 0.717) is 0 Å². The average Bonchev–Trinajstić information content (AvgIpc) is 2.25. The fraction of sp³-hybridized carbons (Fsp3) is 0.500. The van der Waals surface area contributed by atoms with Gasteiger partial charge in [0.2, 0.25) is 0 Å². The van der Waals surface area contributed by atoms with Gasteiger partial charge in [0.05, 0.1) is 6.42 Å². The molecular weight excluding hydrogens is 228 g/mol. The molecule has 0 bridgehead atoms. The Labute approximate surface area is 108 Å².